The molecule has 0 heterocycles. The number of aliphatic hydroxyl groups is 3. The van der Waals surface area contributed by atoms with E-state index in [-0.39, 0.29) is 34.6 Å². The second-order valence-corrected chi connectivity index (χ2v) is 15.1. The minimum atomic E-state index is -1.14. The van der Waals surface area contributed by atoms with Crippen molar-refractivity contribution in [1.29, 1.82) is 0 Å². The van der Waals surface area contributed by atoms with E-state index in [4.69, 9.17) is 4.74 Å². The van der Waals surface area contributed by atoms with Gasteiger partial charge >= 0.3 is 5.97 Å². The van der Waals surface area contributed by atoms with E-state index in [1.807, 2.05) is 6.92 Å². The second kappa shape index (κ2) is 8.54. The summed E-state index contributed by atoms with van der Waals surface area (Å²) in [5.41, 5.74) is -0.0788. The molecular formula is C32H52O5. The van der Waals surface area contributed by atoms with E-state index >= 15 is 0 Å². The molecule has 5 aliphatic carbocycles. The molecule has 0 aliphatic heterocycles. The van der Waals surface area contributed by atoms with Crippen LogP contribution in [-0.2, 0) is 9.53 Å². The maximum Gasteiger partial charge on any atom is 0.312 e. The molecule has 0 aromatic heterocycles. The third kappa shape index (κ3) is 3.23. The summed E-state index contributed by atoms with van der Waals surface area (Å²) >= 11 is 0. The fourth-order valence-electron chi connectivity index (χ4n) is 11.2. The number of allylic oxidation sites excluding steroid dienone is 2. The first-order valence-electron chi connectivity index (χ1n) is 15.1. The van der Waals surface area contributed by atoms with Crippen LogP contribution < -0.4 is 0 Å². The van der Waals surface area contributed by atoms with Gasteiger partial charge in [-0.2, -0.15) is 0 Å². The molecule has 4 saturated carbocycles. The molecule has 0 spiro atoms. The number of aliphatic hydroxyl groups excluding tert-OH is 3. The fraction of sp³-hybridized carbons (Fsp3) is 0.906. The SMILES string of the molecule is CCOC(=O)[C@]12CC[C@@H](C)[C@H](C)[C@H]1C1=CC[C@@H]3[C@@]4(C)[C@@H](O)[C@H](O)[C@H](O)C(C)(C)[C@@H]4CC[C@@]3(C)[C@]1(C)CC2. The molecule has 210 valence electrons. The molecule has 0 saturated heterocycles. The summed E-state index contributed by atoms with van der Waals surface area (Å²) in [5, 5.41) is 33.6. The molecule has 4 fully saturated rings. The van der Waals surface area contributed by atoms with Gasteiger partial charge in [0, 0.05) is 5.41 Å². The van der Waals surface area contributed by atoms with Crippen molar-refractivity contribution in [3.8, 4) is 0 Å². The lowest BCUT2D eigenvalue weighted by molar-refractivity contribution is -0.278. The Morgan fingerprint density at radius 1 is 0.946 bits per heavy atom. The van der Waals surface area contributed by atoms with Crippen LogP contribution in [0.25, 0.3) is 0 Å². The number of fused-ring (bicyclic) bond motifs is 7. The van der Waals surface area contributed by atoms with Gasteiger partial charge < -0.3 is 20.1 Å². The summed E-state index contributed by atoms with van der Waals surface area (Å²) in [4.78, 5) is 13.6. The molecule has 0 amide bonds. The van der Waals surface area contributed by atoms with Crippen molar-refractivity contribution < 1.29 is 24.9 Å². The maximum absolute atomic E-state index is 13.6. The lowest BCUT2D eigenvalue weighted by Gasteiger charge is -2.72. The fourth-order valence-corrected chi connectivity index (χ4v) is 11.2. The molecule has 0 unspecified atom stereocenters. The van der Waals surface area contributed by atoms with Gasteiger partial charge in [0.25, 0.3) is 0 Å². The number of hydrogen-bond acceptors (Lipinski definition) is 5. The Kier molecular flexibility index (Phi) is 6.38. The highest BCUT2D eigenvalue weighted by Gasteiger charge is 2.72. The predicted octanol–water partition coefficient (Wildman–Crippen LogP) is 5.51. The summed E-state index contributed by atoms with van der Waals surface area (Å²) in [6.45, 7) is 18.3. The zero-order valence-corrected chi connectivity index (χ0v) is 24.5. The highest BCUT2D eigenvalue weighted by molar-refractivity contribution is 5.78. The number of carbonyl (C=O) groups excluding carboxylic acids is 1. The highest BCUT2D eigenvalue weighted by Crippen LogP contribution is 2.75. The topological polar surface area (TPSA) is 87.0 Å². The van der Waals surface area contributed by atoms with E-state index < -0.39 is 34.6 Å². The van der Waals surface area contributed by atoms with Crippen LogP contribution in [0, 0.1) is 56.7 Å². The van der Waals surface area contributed by atoms with Crippen LogP contribution in [0.1, 0.15) is 100 Å². The van der Waals surface area contributed by atoms with Crippen LogP contribution in [0.15, 0.2) is 11.6 Å². The Hall–Kier alpha value is -0.910. The minimum absolute atomic E-state index is 0.00575. The molecule has 0 radical (unpaired) electrons. The quantitative estimate of drug-likeness (QED) is 0.333. The maximum atomic E-state index is 13.6. The van der Waals surface area contributed by atoms with Crippen LogP contribution >= 0.6 is 0 Å². The minimum Gasteiger partial charge on any atom is -0.466 e. The van der Waals surface area contributed by atoms with Crippen molar-refractivity contribution in [2.24, 2.45) is 56.7 Å². The molecule has 0 aromatic carbocycles. The van der Waals surface area contributed by atoms with Crippen molar-refractivity contribution in [1.82, 2.24) is 0 Å². The molecule has 5 rings (SSSR count). The van der Waals surface area contributed by atoms with Gasteiger partial charge in [-0.05, 0) is 97.7 Å². The molecule has 3 N–H and O–H groups in total. The van der Waals surface area contributed by atoms with Crippen molar-refractivity contribution in [3.63, 3.8) is 0 Å². The standard InChI is InChI=1S/C32H52O5/c1-9-37-27(36)32-15-12-18(2)19(3)23(32)20-10-11-22-30(7,29(20,6)16-17-32)14-13-21-28(4,5)25(34)24(33)26(35)31(21,22)8/h10,18-19,21-26,33-35H,9,11-17H2,1-8H3/t18-,19+,21+,22+,23+,24-,25+,26+,29-,30-,31+,32+/m1/s1. The summed E-state index contributed by atoms with van der Waals surface area (Å²) in [7, 11) is 0. The average molecular weight is 517 g/mol. The van der Waals surface area contributed by atoms with Gasteiger partial charge in [-0.15, -0.1) is 0 Å². The van der Waals surface area contributed by atoms with Gasteiger partial charge in [0.05, 0.1) is 24.2 Å². The van der Waals surface area contributed by atoms with Crippen LogP contribution in [0.4, 0.5) is 0 Å². The largest absolute Gasteiger partial charge is 0.466 e. The van der Waals surface area contributed by atoms with Crippen molar-refractivity contribution in [3.05, 3.63) is 11.6 Å². The molecule has 12 atom stereocenters. The van der Waals surface area contributed by atoms with E-state index in [0.29, 0.717) is 18.4 Å². The number of hydrogen-bond donors (Lipinski definition) is 3. The van der Waals surface area contributed by atoms with Gasteiger partial charge in [-0.1, -0.05) is 60.1 Å². The molecule has 0 bridgehead atoms. The first-order valence-corrected chi connectivity index (χ1v) is 15.1. The zero-order chi connectivity index (χ0) is 27.3. The number of carbonyl (C=O) groups is 1. The third-order valence-corrected chi connectivity index (χ3v) is 13.8. The Balaban J connectivity index is 1.63. The molecule has 5 heteroatoms. The smallest absolute Gasteiger partial charge is 0.312 e. The van der Waals surface area contributed by atoms with E-state index in [2.05, 4.69) is 54.5 Å². The van der Waals surface area contributed by atoms with Crippen molar-refractivity contribution >= 4 is 5.97 Å². The number of ether oxygens (including phenoxy) is 1. The van der Waals surface area contributed by atoms with Gasteiger partial charge in [0.2, 0.25) is 0 Å². The Bertz CT molecular complexity index is 972. The lowest BCUT2D eigenvalue weighted by atomic mass is 9.33. The van der Waals surface area contributed by atoms with Crippen LogP contribution in [-0.4, -0.2) is 46.2 Å². The molecule has 5 aliphatic rings. The average Bonchev–Trinajstić information content (AvgIpc) is 2.84. The molecule has 5 nitrogen and oxygen atoms in total. The first-order chi connectivity index (χ1) is 17.1. The van der Waals surface area contributed by atoms with Gasteiger partial charge in [0.15, 0.2) is 0 Å². The van der Waals surface area contributed by atoms with E-state index in [1.165, 1.54) is 5.57 Å². The summed E-state index contributed by atoms with van der Waals surface area (Å²) in [5.74, 6) is 1.49. The molecular weight excluding hydrogens is 464 g/mol. The van der Waals surface area contributed by atoms with Crippen LogP contribution in [0.5, 0.6) is 0 Å². The van der Waals surface area contributed by atoms with Gasteiger partial charge in [0.1, 0.15) is 6.10 Å². The first kappa shape index (κ1) is 27.6. The van der Waals surface area contributed by atoms with Crippen molar-refractivity contribution in [2.45, 2.75) is 119 Å². The summed E-state index contributed by atoms with van der Waals surface area (Å²) in [6.07, 6.45) is 6.04. The predicted molar refractivity (Wildman–Crippen MR) is 144 cm³/mol. The monoisotopic (exact) mass is 516 g/mol. The van der Waals surface area contributed by atoms with Gasteiger partial charge in [-0.3, -0.25) is 4.79 Å². The Morgan fingerprint density at radius 2 is 1.62 bits per heavy atom. The normalized spacial score (nSPS) is 54.6. The Morgan fingerprint density at radius 3 is 2.27 bits per heavy atom. The van der Waals surface area contributed by atoms with E-state index in [1.54, 1.807) is 0 Å². The van der Waals surface area contributed by atoms with Crippen LogP contribution in [0.3, 0.4) is 0 Å². The second-order valence-electron chi connectivity index (χ2n) is 15.1. The Labute approximate surface area is 224 Å². The molecule has 0 aromatic rings. The lowest BCUT2D eigenvalue weighted by Crippen LogP contribution is -2.72. The van der Waals surface area contributed by atoms with Crippen molar-refractivity contribution in [2.75, 3.05) is 6.61 Å². The van der Waals surface area contributed by atoms with Gasteiger partial charge in [-0.25, -0.2) is 0 Å². The highest BCUT2D eigenvalue weighted by atomic mass is 16.5. The summed E-state index contributed by atoms with van der Waals surface area (Å²) < 4.78 is 5.76. The van der Waals surface area contributed by atoms with E-state index in [9.17, 15) is 20.1 Å². The van der Waals surface area contributed by atoms with E-state index in [0.717, 1.165) is 44.9 Å². The third-order valence-electron chi connectivity index (χ3n) is 13.8. The number of esters is 1. The zero-order valence-electron chi connectivity index (χ0n) is 24.5. The summed E-state index contributed by atoms with van der Waals surface area (Å²) in [6, 6.07) is 0. The van der Waals surface area contributed by atoms with Crippen LogP contribution in [0.2, 0.25) is 0 Å². The number of rotatable bonds is 2. The molecule has 37 heavy (non-hydrogen) atoms.